The zero-order valence-electron chi connectivity index (χ0n) is 18.6. The minimum absolute atomic E-state index is 0.0220. The van der Waals surface area contributed by atoms with Crippen LogP contribution in [0.2, 0.25) is 0 Å². The molecule has 1 aromatic rings. The molecule has 0 bridgehead atoms. The average molecular weight is 418 g/mol. The molecule has 1 fully saturated rings. The number of likely N-dealkylation sites (tertiary alicyclic amines) is 1. The molecule has 1 aromatic carbocycles. The maximum Gasteiger partial charge on any atom is 0.243 e. The molecule has 0 spiro atoms. The third-order valence-corrected chi connectivity index (χ3v) is 5.20. The minimum atomic E-state index is -0.0663. The highest BCUT2D eigenvalue weighted by molar-refractivity contribution is 5.85. The average Bonchev–Trinajstić information content (AvgIpc) is 3.03. The fourth-order valence-electron chi connectivity index (χ4n) is 3.50. The summed E-state index contributed by atoms with van der Waals surface area (Å²) in [5, 5.41) is 6.60. The number of guanidine groups is 1. The summed E-state index contributed by atoms with van der Waals surface area (Å²) in [6, 6.07) is 10.1. The molecule has 1 aliphatic heterocycles. The predicted molar refractivity (Wildman–Crippen MR) is 118 cm³/mol. The van der Waals surface area contributed by atoms with Crippen molar-refractivity contribution in [3.63, 3.8) is 0 Å². The Morgan fingerprint density at radius 2 is 2.00 bits per heavy atom. The molecule has 0 aromatic heterocycles. The van der Waals surface area contributed by atoms with Crippen molar-refractivity contribution in [3.8, 4) is 0 Å². The van der Waals surface area contributed by atoms with Crippen molar-refractivity contribution in [1.82, 2.24) is 20.4 Å². The van der Waals surface area contributed by atoms with Gasteiger partial charge in [0.2, 0.25) is 11.8 Å². The van der Waals surface area contributed by atoms with Crippen molar-refractivity contribution >= 4 is 17.8 Å². The van der Waals surface area contributed by atoms with Gasteiger partial charge in [-0.1, -0.05) is 30.3 Å². The lowest BCUT2D eigenvalue weighted by atomic mass is 9.94. The van der Waals surface area contributed by atoms with Crippen LogP contribution in [-0.4, -0.2) is 81.6 Å². The molecule has 0 radical (unpaired) electrons. The largest absolute Gasteiger partial charge is 0.382 e. The molecule has 1 heterocycles. The second-order valence-electron chi connectivity index (χ2n) is 7.64. The van der Waals surface area contributed by atoms with E-state index < -0.39 is 0 Å². The number of hydrogen-bond acceptors (Lipinski definition) is 4. The van der Waals surface area contributed by atoms with Gasteiger partial charge >= 0.3 is 0 Å². The molecule has 2 N–H and O–H groups in total. The van der Waals surface area contributed by atoms with E-state index in [2.05, 4.69) is 27.8 Å². The number of carbonyl (C=O) groups is 2. The highest BCUT2D eigenvalue weighted by Gasteiger charge is 2.38. The molecule has 2 amide bonds. The number of rotatable bonds is 10. The Morgan fingerprint density at radius 1 is 1.27 bits per heavy atom. The standard InChI is InChI=1S/C22H35N5O3/c1-5-30-13-9-12-23-22(25-16-20(29)26(2)3)24-15-18-14-19(28)27(4)21(18)17-10-7-6-8-11-17/h6-8,10-11,18,21H,5,9,12-16H2,1-4H3,(H2,23,24,25). The van der Waals surface area contributed by atoms with Gasteiger partial charge in [-0.15, -0.1) is 0 Å². The van der Waals surface area contributed by atoms with Crippen molar-refractivity contribution in [1.29, 1.82) is 0 Å². The molecular weight excluding hydrogens is 382 g/mol. The minimum Gasteiger partial charge on any atom is -0.382 e. The second-order valence-corrected chi connectivity index (χ2v) is 7.64. The van der Waals surface area contributed by atoms with Crippen LogP contribution in [0.1, 0.15) is 31.4 Å². The first kappa shape index (κ1) is 23.7. The first-order valence-electron chi connectivity index (χ1n) is 10.5. The van der Waals surface area contributed by atoms with Gasteiger partial charge in [-0.3, -0.25) is 9.59 Å². The van der Waals surface area contributed by atoms with Crippen LogP contribution in [0.25, 0.3) is 0 Å². The van der Waals surface area contributed by atoms with Crippen molar-refractivity contribution in [2.75, 3.05) is 54.0 Å². The molecule has 1 aliphatic rings. The molecule has 2 rings (SSSR count). The van der Waals surface area contributed by atoms with Crippen LogP contribution in [0.3, 0.4) is 0 Å². The Morgan fingerprint density at radius 3 is 2.67 bits per heavy atom. The Bertz CT molecular complexity index is 708. The molecule has 2 unspecified atom stereocenters. The zero-order valence-corrected chi connectivity index (χ0v) is 18.6. The van der Waals surface area contributed by atoms with Crippen LogP contribution in [0.4, 0.5) is 0 Å². The maximum absolute atomic E-state index is 12.4. The molecule has 8 nitrogen and oxygen atoms in total. The Balaban J connectivity index is 2.01. The van der Waals surface area contributed by atoms with Gasteiger partial charge in [0.05, 0.1) is 6.04 Å². The first-order valence-corrected chi connectivity index (χ1v) is 10.5. The van der Waals surface area contributed by atoms with Crippen LogP contribution < -0.4 is 10.6 Å². The second kappa shape index (κ2) is 12.2. The monoisotopic (exact) mass is 417 g/mol. The Hall–Kier alpha value is -2.61. The summed E-state index contributed by atoms with van der Waals surface area (Å²) in [6.07, 6.45) is 1.32. The fourth-order valence-corrected chi connectivity index (χ4v) is 3.50. The Labute approximate surface area is 179 Å². The number of nitrogens with zero attached hydrogens (tertiary/aromatic N) is 3. The number of amides is 2. The van der Waals surface area contributed by atoms with Crippen molar-refractivity contribution in [2.24, 2.45) is 10.9 Å². The molecular formula is C22H35N5O3. The van der Waals surface area contributed by atoms with Gasteiger partial charge in [-0.2, -0.15) is 0 Å². The molecule has 0 saturated carbocycles. The summed E-state index contributed by atoms with van der Waals surface area (Å²) in [4.78, 5) is 32.1. The van der Waals surface area contributed by atoms with Crippen molar-refractivity contribution in [2.45, 2.75) is 25.8 Å². The topological polar surface area (TPSA) is 86.3 Å². The zero-order chi connectivity index (χ0) is 21.9. The summed E-state index contributed by atoms with van der Waals surface area (Å²) in [5.74, 6) is 0.769. The van der Waals surface area contributed by atoms with Crippen molar-refractivity contribution in [3.05, 3.63) is 35.9 Å². The molecule has 0 aliphatic carbocycles. The lowest BCUT2D eigenvalue weighted by Crippen LogP contribution is -2.42. The van der Waals surface area contributed by atoms with E-state index in [4.69, 9.17) is 4.74 Å². The number of likely N-dealkylation sites (N-methyl/N-ethyl adjacent to an activating group) is 1. The quantitative estimate of drug-likeness (QED) is 0.340. The number of nitrogens with one attached hydrogen (secondary N) is 2. The van der Waals surface area contributed by atoms with Crippen LogP contribution in [-0.2, 0) is 14.3 Å². The summed E-state index contributed by atoms with van der Waals surface area (Å²) in [5.41, 5.74) is 1.13. The van der Waals surface area contributed by atoms with Gasteiger partial charge < -0.3 is 25.2 Å². The van der Waals surface area contributed by atoms with E-state index in [0.717, 1.165) is 12.0 Å². The normalized spacial score (nSPS) is 19.1. The van der Waals surface area contributed by atoms with Gasteiger partial charge in [0.1, 0.15) is 6.54 Å². The van der Waals surface area contributed by atoms with E-state index >= 15 is 0 Å². The third-order valence-electron chi connectivity index (χ3n) is 5.20. The van der Waals surface area contributed by atoms with Crippen LogP contribution in [0.5, 0.6) is 0 Å². The van der Waals surface area contributed by atoms with Crippen LogP contribution in [0.15, 0.2) is 35.3 Å². The summed E-state index contributed by atoms with van der Waals surface area (Å²) in [6.45, 7) is 4.68. The van der Waals surface area contributed by atoms with Crippen LogP contribution in [0, 0.1) is 5.92 Å². The lowest BCUT2D eigenvalue weighted by molar-refractivity contribution is -0.128. The van der Waals surface area contributed by atoms with Gasteiger partial charge in [0.15, 0.2) is 5.96 Å². The number of hydrogen-bond donors (Lipinski definition) is 2. The third kappa shape index (κ3) is 7.02. The van der Waals surface area contributed by atoms with E-state index in [-0.39, 0.29) is 30.3 Å². The van der Waals surface area contributed by atoms with Crippen LogP contribution >= 0.6 is 0 Å². The first-order chi connectivity index (χ1) is 14.4. The SMILES string of the molecule is CCOCCCNC(=NCC(=O)N(C)C)NCC1CC(=O)N(C)C1c1ccccc1. The highest BCUT2D eigenvalue weighted by Crippen LogP contribution is 2.36. The van der Waals surface area contributed by atoms with Gasteiger partial charge in [-0.25, -0.2) is 4.99 Å². The number of ether oxygens (including phenoxy) is 1. The van der Waals surface area contributed by atoms with E-state index in [1.165, 1.54) is 4.90 Å². The number of carbonyl (C=O) groups excluding carboxylic acids is 2. The van der Waals surface area contributed by atoms with Gasteiger partial charge in [0.25, 0.3) is 0 Å². The van der Waals surface area contributed by atoms with Gasteiger partial charge in [-0.05, 0) is 18.9 Å². The molecule has 2 atom stereocenters. The molecule has 166 valence electrons. The summed E-state index contributed by atoms with van der Waals surface area (Å²) in [7, 11) is 5.28. The fraction of sp³-hybridized carbons (Fsp3) is 0.591. The summed E-state index contributed by atoms with van der Waals surface area (Å²) < 4.78 is 5.37. The lowest BCUT2D eigenvalue weighted by Gasteiger charge is -2.26. The Kier molecular flexibility index (Phi) is 9.60. The smallest absolute Gasteiger partial charge is 0.243 e. The number of benzene rings is 1. The highest BCUT2D eigenvalue weighted by atomic mass is 16.5. The van der Waals surface area contributed by atoms with Crippen molar-refractivity contribution < 1.29 is 14.3 Å². The van der Waals surface area contributed by atoms with Gasteiger partial charge in [0, 0.05) is 59.8 Å². The maximum atomic E-state index is 12.4. The van der Waals surface area contributed by atoms with E-state index in [1.54, 1.807) is 14.1 Å². The van der Waals surface area contributed by atoms with E-state index in [1.807, 2.05) is 37.1 Å². The number of aliphatic imine (C=N–C) groups is 1. The van der Waals surface area contributed by atoms with E-state index in [0.29, 0.717) is 38.7 Å². The molecule has 30 heavy (non-hydrogen) atoms. The predicted octanol–water partition coefficient (Wildman–Crippen LogP) is 1.26. The summed E-state index contributed by atoms with van der Waals surface area (Å²) >= 11 is 0. The van der Waals surface area contributed by atoms with E-state index in [9.17, 15) is 9.59 Å². The molecule has 8 heteroatoms. The molecule has 1 saturated heterocycles.